The number of hydrogen-bond donors (Lipinski definition) is 0. The summed E-state index contributed by atoms with van der Waals surface area (Å²) in [6.45, 7) is 9.17. The van der Waals surface area contributed by atoms with E-state index in [2.05, 4.69) is 249 Å². The lowest BCUT2D eigenvalue weighted by Crippen LogP contribution is -2.25. The summed E-state index contributed by atoms with van der Waals surface area (Å²) in [7, 11) is 0. The predicted molar refractivity (Wildman–Crippen MR) is 366 cm³/mol. The van der Waals surface area contributed by atoms with Crippen LogP contribution in [0.1, 0.15) is 50.3 Å². The highest BCUT2D eigenvalue weighted by Gasteiger charge is 2.42. The molecule has 0 bridgehead atoms. The third kappa shape index (κ3) is 7.88. The average Bonchev–Trinajstić information content (AvgIpc) is 1.59. The van der Waals surface area contributed by atoms with E-state index in [0.29, 0.717) is 23.2 Å². The number of rotatable bonds is 9. The molecule has 0 amide bonds. The predicted octanol–water partition coefficient (Wildman–Crippen LogP) is 21.5. The Morgan fingerprint density at radius 3 is 1.38 bits per heavy atom. The maximum absolute atomic E-state index is 7.42. The summed E-state index contributed by atoms with van der Waals surface area (Å²) in [6, 6.07) is 98.0. The van der Waals surface area contributed by atoms with Crippen LogP contribution < -0.4 is 0 Å². The summed E-state index contributed by atoms with van der Waals surface area (Å²) >= 11 is 0. The zero-order valence-corrected chi connectivity index (χ0v) is 50.0. The third-order valence-corrected chi connectivity index (χ3v) is 19.0. The minimum absolute atomic E-state index is 0.480. The Kier molecular flexibility index (Phi) is 11.2. The van der Waals surface area contributed by atoms with Crippen LogP contribution >= 0.6 is 0 Å². The second-order valence-electron chi connectivity index (χ2n) is 25.1. The molecule has 0 aliphatic carbocycles. The number of para-hydroxylation sites is 1. The van der Waals surface area contributed by atoms with Gasteiger partial charge in [-0.1, -0.05) is 206 Å². The standard InChI is InChI=1S/C83H57N5O2/c1-82(2)66-37-21-36-63-74-62(35-22-38-69(74)88(75(63)66)71-49-73(90-77(71)82)81-85-79(53-29-16-8-17-30-53)84-80(86-81)54-31-18-9-19-32-54)57-34-20-33-55(41-57)59-42-58(51-25-12-6-13-26-51)43-61(44-59)72-48-70-78(89-72)83(3,4)67-47-60(52-27-14-7-15-28-52)46-65-64-45-56(50-23-10-5-11-24-50)39-40-68(64)87(70)76(65)67/h5-49H,1-4H3. The first-order valence-electron chi connectivity index (χ1n) is 30.9. The Bertz CT molecular complexity index is 5520. The Hall–Kier alpha value is -11.4. The first kappa shape index (κ1) is 51.8. The molecule has 18 rings (SSSR count). The SMILES string of the molecule is CC1(C)c2oc(-c3cc(-c4ccccc4)cc(-c4cccc(-c5cccc6c5c5cccc7c5n6-c5cc(-c6nc(-c8ccccc8)nc(-c8ccccc8)n6)oc5C7(C)C)c4)c3)cc2-n2c3ccc(-c4ccccc4)cc3c3cc(-c4ccccc4)cc1c32. The van der Waals surface area contributed by atoms with Gasteiger partial charge in [0.15, 0.2) is 23.2 Å². The van der Waals surface area contributed by atoms with E-state index in [0.717, 1.165) is 89.8 Å². The molecule has 0 radical (unpaired) electrons. The fourth-order valence-corrected chi connectivity index (χ4v) is 14.6. The zero-order valence-electron chi connectivity index (χ0n) is 50.0. The Labute approximate surface area is 520 Å². The van der Waals surface area contributed by atoms with Crippen LogP contribution in [0.5, 0.6) is 0 Å². The van der Waals surface area contributed by atoms with E-state index < -0.39 is 10.8 Å². The van der Waals surface area contributed by atoms with E-state index in [1.54, 1.807) is 0 Å². The van der Waals surface area contributed by atoms with Crippen LogP contribution in [0.3, 0.4) is 0 Å². The first-order chi connectivity index (χ1) is 44.1. The minimum atomic E-state index is -0.496. The number of furan rings is 2. The molecule has 2 aliphatic rings. The summed E-state index contributed by atoms with van der Waals surface area (Å²) < 4.78 is 19.4. The number of aromatic nitrogens is 5. The quantitative estimate of drug-likeness (QED) is 0.144. The average molecular weight is 1160 g/mol. The lowest BCUT2D eigenvalue weighted by molar-refractivity contribution is 0.432. The molecule has 7 heteroatoms. The molecule has 0 unspecified atom stereocenters. The summed E-state index contributed by atoms with van der Waals surface area (Å²) in [4.78, 5) is 15.2. The molecular weight excluding hydrogens is 1100 g/mol. The molecule has 426 valence electrons. The maximum Gasteiger partial charge on any atom is 0.199 e. The van der Waals surface area contributed by atoms with Crippen molar-refractivity contribution in [3.05, 3.63) is 296 Å². The van der Waals surface area contributed by atoms with Crippen LogP contribution in [0.25, 0.3) is 156 Å². The molecule has 16 aromatic rings. The third-order valence-electron chi connectivity index (χ3n) is 19.0. The molecule has 0 saturated heterocycles. The van der Waals surface area contributed by atoms with Gasteiger partial charge in [0, 0.05) is 50.4 Å². The molecule has 0 spiro atoms. The first-order valence-corrected chi connectivity index (χ1v) is 30.9. The largest absolute Gasteiger partial charge is 0.458 e. The van der Waals surface area contributed by atoms with Crippen LogP contribution in [0, 0.1) is 0 Å². The topological polar surface area (TPSA) is 74.8 Å². The molecule has 5 aromatic heterocycles. The van der Waals surface area contributed by atoms with E-state index >= 15 is 0 Å². The molecule has 7 nitrogen and oxygen atoms in total. The molecule has 11 aromatic carbocycles. The molecular formula is C83H57N5O2. The second-order valence-corrected chi connectivity index (χ2v) is 25.1. The van der Waals surface area contributed by atoms with Gasteiger partial charge < -0.3 is 18.0 Å². The molecule has 0 atom stereocenters. The highest BCUT2D eigenvalue weighted by Crippen LogP contribution is 2.54. The Morgan fingerprint density at radius 2 is 0.733 bits per heavy atom. The van der Waals surface area contributed by atoms with Crippen molar-refractivity contribution in [3.8, 4) is 113 Å². The van der Waals surface area contributed by atoms with Gasteiger partial charge in [0.2, 0.25) is 0 Å². The number of nitrogens with zero attached hydrogens (tertiary/aromatic N) is 5. The van der Waals surface area contributed by atoms with Gasteiger partial charge in [0.05, 0.1) is 44.3 Å². The van der Waals surface area contributed by atoms with Crippen molar-refractivity contribution in [1.29, 1.82) is 0 Å². The van der Waals surface area contributed by atoms with Crippen molar-refractivity contribution in [2.75, 3.05) is 0 Å². The summed E-state index contributed by atoms with van der Waals surface area (Å²) in [5.74, 6) is 4.86. The number of fused-ring (bicyclic) bond motifs is 10. The lowest BCUT2D eigenvalue weighted by Gasteiger charge is -2.31. The highest BCUT2D eigenvalue weighted by molar-refractivity contribution is 6.18. The van der Waals surface area contributed by atoms with E-state index in [9.17, 15) is 0 Å². The van der Waals surface area contributed by atoms with Gasteiger partial charge in [-0.3, -0.25) is 0 Å². The van der Waals surface area contributed by atoms with E-state index in [1.165, 1.54) is 66.0 Å². The number of hydrogen-bond acceptors (Lipinski definition) is 5. The lowest BCUT2D eigenvalue weighted by atomic mass is 9.77. The second kappa shape index (κ2) is 19.5. The van der Waals surface area contributed by atoms with Crippen LogP contribution in [-0.2, 0) is 10.8 Å². The van der Waals surface area contributed by atoms with Gasteiger partial charge >= 0.3 is 0 Å². The van der Waals surface area contributed by atoms with Crippen LogP contribution in [-0.4, -0.2) is 24.1 Å². The molecule has 0 fully saturated rings. The fourth-order valence-electron chi connectivity index (χ4n) is 14.6. The molecule has 0 N–H and O–H groups in total. The molecule has 7 heterocycles. The van der Waals surface area contributed by atoms with Gasteiger partial charge in [-0.2, -0.15) is 0 Å². The van der Waals surface area contributed by atoms with E-state index in [1.807, 2.05) is 60.7 Å². The van der Waals surface area contributed by atoms with Gasteiger partial charge in [-0.05, 0) is 149 Å². The van der Waals surface area contributed by atoms with Crippen LogP contribution in [0.15, 0.2) is 282 Å². The van der Waals surface area contributed by atoms with Crippen molar-refractivity contribution in [3.63, 3.8) is 0 Å². The van der Waals surface area contributed by atoms with Crippen molar-refractivity contribution < 1.29 is 8.83 Å². The Morgan fingerprint density at radius 1 is 0.289 bits per heavy atom. The van der Waals surface area contributed by atoms with Gasteiger partial charge in [0.25, 0.3) is 0 Å². The minimum Gasteiger partial charge on any atom is -0.458 e. The van der Waals surface area contributed by atoms with Gasteiger partial charge in [-0.25, -0.2) is 15.0 Å². The summed E-state index contributed by atoms with van der Waals surface area (Å²) in [6.07, 6.45) is 0. The maximum atomic E-state index is 7.42. The van der Waals surface area contributed by atoms with Crippen molar-refractivity contribution in [2.45, 2.75) is 38.5 Å². The molecule has 2 aliphatic heterocycles. The smallest absolute Gasteiger partial charge is 0.199 e. The van der Waals surface area contributed by atoms with Gasteiger partial charge in [-0.15, -0.1) is 0 Å². The number of benzene rings is 11. The zero-order chi connectivity index (χ0) is 60.0. The van der Waals surface area contributed by atoms with Crippen LogP contribution in [0.4, 0.5) is 0 Å². The monoisotopic (exact) mass is 1160 g/mol. The summed E-state index contributed by atoms with van der Waals surface area (Å²) in [5.41, 5.74) is 22.4. The van der Waals surface area contributed by atoms with Gasteiger partial charge in [0.1, 0.15) is 17.3 Å². The van der Waals surface area contributed by atoms with E-state index in [-0.39, 0.29) is 0 Å². The van der Waals surface area contributed by atoms with Crippen LogP contribution in [0.2, 0.25) is 0 Å². The highest BCUT2D eigenvalue weighted by atomic mass is 16.3. The van der Waals surface area contributed by atoms with Crippen molar-refractivity contribution >= 4 is 43.6 Å². The normalized spacial score (nSPS) is 13.5. The van der Waals surface area contributed by atoms with Crippen molar-refractivity contribution in [1.82, 2.24) is 24.1 Å². The molecule has 90 heavy (non-hydrogen) atoms. The Balaban J connectivity index is 0.780. The fraction of sp³-hybridized carbons (Fsp3) is 0.0723. The van der Waals surface area contributed by atoms with E-state index in [4.69, 9.17) is 23.8 Å². The summed E-state index contributed by atoms with van der Waals surface area (Å²) in [5, 5.41) is 4.81. The van der Waals surface area contributed by atoms with Crippen molar-refractivity contribution in [2.24, 2.45) is 0 Å². The molecule has 0 saturated carbocycles.